The molecule has 1 fully saturated rings. The minimum absolute atomic E-state index is 0. The number of nitrogens with zero attached hydrogens (tertiary/aromatic N) is 4. The van der Waals surface area contributed by atoms with Crippen molar-refractivity contribution in [2.45, 2.75) is 143 Å². The molecule has 0 amide bonds. The molecule has 284 valence electrons. The first-order valence-corrected chi connectivity index (χ1v) is 25.0. The topological polar surface area (TPSA) is 80.6 Å². The third-order valence-electron chi connectivity index (χ3n) is 8.36. The van der Waals surface area contributed by atoms with Crippen molar-refractivity contribution in [1.29, 1.82) is 0 Å². The molecule has 0 atom stereocenters. The van der Waals surface area contributed by atoms with E-state index in [0.717, 1.165) is 46.1 Å². The van der Waals surface area contributed by atoms with Crippen LogP contribution in [0.3, 0.4) is 0 Å². The summed E-state index contributed by atoms with van der Waals surface area (Å²) in [6, 6.07) is 9.02. The summed E-state index contributed by atoms with van der Waals surface area (Å²) in [6.45, 7) is 38.8. The Morgan fingerprint density at radius 1 is 0.640 bits per heavy atom. The molecule has 7 nitrogen and oxygen atoms in total. The van der Waals surface area contributed by atoms with Gasteiger partial charge in [0.1, 0.15) is 13.2 Å². The van der Waals surface area contributed by atoms with Crippen molar-refractivity contribution in [3.8, 4) is 0 Å². The molecule has 0 N–H and O–H groups in total. The molecule has 3 aromatic rings. The van der Waals surface area contributed by atoms with Crippen LogP contribution in [-0.4, -0.2) is 65.8 Å². The van der Waals surface area contributed by atoms with Crippen LogP contribution in [0.5, 0.6) is 0 Å². The molecule has 0 unspecified atom stereocenters. The Labute approximate surface area is 344 Å². The van der Waals surface area contributed by atoms with Gasteiger partial charge in [0, 0.05) is 24.3 Å². The van der Waals surface area contributed by atoms with E-state index >= 15 is 0 Å². The smallest absolute Gasteiger partial charge is 0.668 e. The molecule has 1 saturated heterocycles. The van der Waals surface area contributed by atoms with E-state index in [-0.39, 0.29) is 68.8 Å². The second kappa shape index (κ2) is 15.8. The van der Waals surface area contributed by atoms with Gasteiger partial charge in [0.25, 0.3) is 0 Å². The Morgan fingerprint density at radius 2 is 1.00 bits per heavy atom. The Bertz CT molecular complexity index is 1590. The van der Waals surface area contributed by atoms with Crippen LogP contribution in [0, 0.1) is 46.9 Å². The summed E-state index contributed by atoms with van der Waals surface area (Å²) in [5.41, 5.74) is 5.71. The molecule has 0 aliphatic carbocycles. The first-order valence-electron chi connectivity index (χ1n) is 18.1. The monoisotopic (exact) mass is 878 g/mol. The minimum atomic E-state index is -1.11. The second-order valence-corrected chi connectivity index (χ2v) is 28.8. The van der Waals surface area contributed by atoms with Crippen LogP contribution in [-0.2, 0) is 25.0 Å². The molecule has 0 saturated carbocycles. The van der Waals surface area contributed by atoms with Gasteiger partial charge in [0.05, 0.1) is 11.1 Å². The Kier molecular flexibility index (Phi) is 13.7. The summed E-state index contributed by atoms with van der Waals surface area (Å²) in [6.07, 6.45) is 2.56. The molecule has 6 rings (SSSR count). The third kappa shape index (κ3) is 11.8. The van der Waals surface area contributed by atoms with Gasteiger partial charge in [-0.25, -0.2) is 9.98 Å². The number of aromatic nitrogens is 1. The van der Waals surface area contributed by atoms with Crippen molar-refractivity contribution in [2.75, 3.05) is 26.4 Å². The largest absolute Gasteiger partial charge is 2.00 e. The molecule has 0 bridgehead atoms. The summed E-state index contributed by atoms with van der Waals surface area (Å²) in [4.78, 5) is 15.1. The molecule has 3 aliphatic rings. The number of rotatable bonds is 4. The van der Waals surface area contributed by atoms with Crippen LogP contribution in [0.1, 0.15) is 104 Å². The maximum atomic E-state index is 6.12. The average molecular weight is 878 g/mol. The van der Waals surface area contributed by atoms with Crippen molar-refractivity contribution in [2.24, 2.45) is 9.98 Å². The molecule has 0 spiro atoms. The van der Waals surface area contributed by atoms with Crippen LogP contribution in [0.2, 0.25) is 39.3 Å². The zero-order valence-electron chi connectivity index (χ0n) is 33.8. The zero-order chi connectivity index (χ0) is 36.8. The van der Waals surface area contributed by atoms with Crippen molar-refractivity contribution in [1.82, 2.24) is 4.98 Å². The van der Waals surface area contributed by atoms with Gasteiger partial charge in [-0.15, -0.1) is 11.0 Å². The van der Waals surface area contributed by atoms with E-state index in [9.17, 15) is 0 Å². The number of fused-ring (bicyclic) bond motifs is 3. The van der Waals surface area contributed by atoms with Gasteiger partial charge in [-0.05, 0) is 85.4 Å². The van der Waals surface area contributed by atoms with Gasteiger partial charge >= 0.3 is 46.9 Å². The quantitative estimate of drug-likeness (QED) is 0.245. The van der Waals surface area contributed by atoms with Gasteiger partial charge in [-0.2, -0.15) is 0 Å². The molecule has 50 heavy (non-hydrogen) atoms. The van der Waals surface area contributed by atoms with E-state index < -0.39 is 16.5 Å². The van der Waals surface area contributed by atoms with Gasteiger partial charge in [0.15, 0.2) is 0 Å². The molecule has 0 radical (unpaired) electrons. The van der Waals surface area contributed by atoms with E-state index in [0.29, 0.717) is 25.0 Å². The van der Waals surface area contributed by atoms with Crippen LogP contribution >= 0.6 is 0 Å². The van der Waals surface area contributed by atoms with Gasteiger partial charge in [0.2, 0.25) is 11.8 Å². The summed E-state index contributed by atoms with van der Waals surface area (Å²) in [7, 11) is -2.21. The Morgan fingerprint density at radius 3 is 1.22 bits per heavy atom. The number of hydrogen-bond donors (Lipinski definition) is 0. The molecule has 1 aromatic heterocycles. The first-order chi connectivity index (χ1) is 22.2. The molecule has 2 aromatic carbocycles. The first kappa shape index (κ1) is 43.5. The molecule has 10 heteroatoms. The Balaban J connectivity index is 0.000000378. The summed E-state index contributed by atoms with van der Waals surface area (Å²) >= 11 is 0. The maximum absolute atomic E-state index is 6.12. The predicted molar refractivity (Wildman–Crippen MR) is 215 cm³/mol. The normalized spacial score (nSPS) is 18.6. The van der Waals surface area contributed by atoms with E-state index in [4.69, 9.17) is 33.8 Å². The standard InChI is InChI=1S/C30H38N3O2.C6H18NSi2.C4H8O.Yb/c1-27(2,3)17-11-19-20-12-18(28(4,5)6)14-22(26-33-30(9,10)16-35-26)24(20)31-23(19)21(13-17)25-32-29(7,8)15-34-25;1-8(2,3)7-9(4,5)6;1-2-4-5-3-1;/h11-14H,15-16H2,1-10H3;1-6H3;1-4H2;/q2*-1;;+2. The number of ether oxygens (including phenoxy) is 3. The second-order valence-electron chi connectivity index (χ2n) is 19.3. The van der Waals surface area contributed by atoms with Crippen LogP contribution < -0.4 is 4.98 Å². The van der Waals surface area contributed by atoms with Crippen LogP contribution in [0.15, 0.2) is 34.3 Å². The van der Waals surface area contributed by atoms with Crippen LogP contribution in [0.4, 0.5) is 0 Å². The van der Waals surface area contributed by atoms with Crippen molar-refractivity contribution in [3.05, 3.63) is 51.2 Å². The Hall–Kier alpha value is -0.947. The summed E-state index contributed by atoms with van der Waals surface area (Å²) in [5.74, 6) is 1.36. The number of aliphatic imine (C=N–C) groups is 2. The minimum Gasteiger partial charge on any atom is -0.668 e. The van der Waals surface area contributed by atoms with Crippen molar-refractivity contribution < 1.29 is 61.1 Å². The zero-order valence-corrected chi connectivity index (χ0v) is 37.5. The fourth-order valence-electron chi connectivity index (χ4n) is 6.19. The molecule has 4 heterocycles. The van der Waals surface area contributed by atoms with E-state index in [2.05, 4.69) is 133 Å². The number of hydrogen-bond acceptors (Lipinski definition) is 5. The summed E-state index contributed by atoms with van der Waals surface area (Å²) < 4.78 is 22.0. The maximum Gasteiger partial charge on any atom is 2.00 e. The fourth-order valence-corrected chi connectivity index (χ4v) is 14.2. The van der Waals surface area contributed by atoms with Gasteiger partial charge in [-0.3, -0.25) is 0 Å². The van der Waals surface area contributed by atoms with Gasteiger partial charge in [-0.1, -0.05) is 109 Å². The SMILES string of the molecule is C1CCOC1.CC1(C)COC(c2cc(C(C)(C)C)cc3c2[n-]c2c(C4=NC(C)(C)CO4)cc(C(C)(C)C)cc23)=N1.C[Si](C)(C)[N-][Si](C)(C)C.[Yb+2]. The van der Waals surface area contributed by atoms with Gasteiger partial charge < -0.3 is 23.8 Å². The van der Waals surface area contributed by atoms with E-state index in [1.165, 1.54) is 24.0 Å². The van der Waals surface area contributed by atoms with E-state index in [1.807, 2.05) is 0 Å². The predicted octanol–water partition coefficient (Wildman–Crippen LogP) is 10.5. The third-order valence-corrected chi connectivity index (χ3v) is 13.7. The fraction of sp³-hybridized carbons (Fsp3) is 0.650. The van der Waals surface area contributed by atoms with Crippen LogP contribution in [0.25, 0.3) is 26.5 Å². The van der Waals surface area contributed by atoms with E-state index in [1.54, 1.807) is 0 Å². The number of benzene rings is 2. The molecule has 3 aliphatic heterocycles. The summed E-state index contributed by atoms with van der Waals surface area (Å²) in [5, 5.41) is 2.26. The van der Waals surface area contributed by atoms with Crippen molar-refractivity contribution >= 4 is 50.1 Å². The van der Waals surface area contributed by atoms with Crippen molar-refractivity contribution in [3.63, 3.8) is 0 Å². The molecular weight excluding hydrogens is 814 g/mol. The molecular formula is C40H64N4O3Si2Yb. The average Bonchev–Trinajstić information content (AvgIpc) is 3.72.